The summed E-state index contributed by atoms with van der Waals surface area (Å²) in [7, 11) is 1.48. The maximum atomic E-state index is 13.0. The van der Waals surface area contributed by atoms with E-state index < -0.39 is 35.6 Å². The molecule has 1 N–H and O–H groups in total. The monoisotopic (exact) mass is 473 g/mol. The molecule has 1 aromatic heterocycles. The van der Waals surface area contributed by atoms with Crippen LogP contribution in [0.15, 0.2) is 70.7 Å². The fourth-order valence-corrected chi connectivity index (χ4v) is 3.68. The Hall–Kier alpha value is -4.21. The molecule has 0 bridgehead atoms. The lowest BCUT2D eigenvalue weighted by molar-refractivity contribution is -0.274. The first kappa shape index (κ1) is 23.0. The van der Waals surface area contributed by atoms with Crippen molar-refractivity contribution in [3.63, 3.8) is 0 Å². The molecule has 1 atom stereocenters. The minimum absolute atomic E-state index is 0.115. The first-order valence-corrected chi connectivity index (χ1v) is 9.96. The third-order valence-corrected chi connectivity index (χ3v) is 5.19. The van der Waals surface area contributed by atoms with E-state index in [0.29, 0.717) is 11.5 Å². The molecule has 1 unspecified atom stereocenters. The molecular weight excluding hydrogens is 455 g/mol. The molecule has 0 aliphatic carbocycles. The number of benzene rings is 2. The van der Waals surface area contributed by atoms with Gasteiger partial charge in [0.1, 0.15) is 34.8 Å². The van der Waals surface area contributed by atoms with Crippen molar-refractivity contribution in [1.29, 1.82) is 0 Å². The molecule has 10 heteroatoms. The van der Waals surface area contributed by atoms with Gasteiger partial charge in [0.05, 0.1) is 12.7 Å². The zero-order valence-corrected chi connectivity index (χ0v) is 17.9. The van der Waals surface area contributed by atoms with Gasteiger partial charge in [-0.25, -0.2) is 0 Å². The molecule has 7 nitrogen and oxygen atoms in total. The van der Waals surface area contributed by atoms with E-state index in [-0.39, 0.29) is 22.6 Å². The molecule has 3 aromatic rings. The van der Waals surface area contributed by atoms with Gasteiger partial charge >= 0.3 is 6.36 Å². The van der Waals surface area contributed by atoms with E-state index in [4.69, 9.17) is 9.15 Å². The zero-order valence-electron chi connectivity index (χ0n) is 17.9. The SMILES string of the molecule is COc1ccc(/C(O)=C2/C(=O)C(=O)N(c3ccc(OC(F)(F)F)cc3)C2c2ccc(C)o2)cc1. The second kappa shape index (κ2) is 8.62. The molecule has 0 radical (unpaired) electrons. The average molecular weight is 473 g/mol. The highest BCUT2D eigenvalue weighted by atomic mass is 19.4. The average Bonchev–Trinajstić information content (AvgIpc) is 3.34. The Labute approximate surface area is 191 Å². The second-order valence-corrected chi connectivity index (χ2v) is 7.39. The number of Topliss-reactive ketones (excluding diaryl/α,β-unsaturated/α-hetero) is 1. The molecule has 2 heterocycles. The van der Waals surface area contributed by atoms with Gasteiger partial charge in [0.15, 0.2) is 0 Å². The lowest BCUT2D eigenvalue weighted by Gasteiger charge is -2.23. The van der Waals surface area contributed by atoms with Crippen LogP contribution in [0.2, 0.25) is 0 Å². The topological polar surface area (TPSA) is 89.2 Å². The number of furan rings is 1. The molecule has 1 saturated heterocycles. The Morgan fingerprint density at radius 1 is 0.971 bits per heavy atom. The Morgan fingerprint density at radius 3 is 2.12 bits per heavy atom. The maximum absolute atomic E-state index is 13.0. The predicted molar refractivity (Wildman–Crippen MR) is 114 cm³/mol. The van der Waals surface area contributed by atoms with E-state index in [1.54, 1.807) is 31.2 Å². The number of aliphatic hydroxyl groups is 1. The Balaban J connectivity index is 1.82. The van der Waals surface area contributed by atoms with Gasteiger partial charge in [-0.05, 0) is 67.6 Å². The number of carbonyl (C=O) groups excluding carboxylic acids is 2. The normalized spacial score (nSPS) is 17.8. The maximum Gasteiger partial charge on any atom is 0.573 e. The van der Waals surface area contributed by atoms with Crippen molar-refractivity contribution in [2.75, 3.05) is 12.0 Å². The minimum atomic E-state index is -4.88. The summed E-state index contributed by atoms with van der Waals surface area (Å²) in [4.78, 5) is 27.1. The fraction of sp³-hybridized carbons (Fsp3) is 0.167. The van der Waals surface area contributed by atoms with Crippen LogP contribution in [0.25, 0.3) is 5.76 Å². The molecule has 34 heavy (non-hydrogen) atoms. The van der Waals surface area contributed by atoms with Crippen LogP contribution in [0.5, 0.6) is 11.5 Å². The zero-order chi connectivity index (χ0) is 24.6. The number of aliphatic hydroxyl groups excluding tert-OH is 1. The summed E-state index contributed by atoms with van der Waals surface area (Å²) in [5.74, 6) is -1.64. The molecule has 176 valence electrons. The quantitative estimate of drug-likeness (QED) is 0.314. The molecule has 0 spiro atoms. The lowest BCUT2D eigenvalue weighted by atomic mass is 9.99. The number of hydrogen-bond acceptors (Lipinski definition) is 6. The lowest BCUT2D eigenvalue weighted by Crippen LogP contribution is -2.29. The van der Waals surface area contributed by atoms with Gasteiger partial charge in [-0.3, -0.25) is 14.5 Å². The van der Waals surface area contributed by atoms with Crippen molar-refractivity contribution in [3.8, 4) is 11.5 Å². The summed E-state index contributed by atoms with van der Waals surface area (Å²) in [6, 6.07) is 12.7. The Kier molecular flexibility index (Phi) is 5.82. The van der Waals surface area contributed by atoms with Crippen LogP contribution in [-0.2, 0) is 9.59 Å². The summed E-state index contributed by atoms with van der Waals surface area (Å²) >= 11 is 0. The van der Waals surface area contributed by atoms with Gasteiger partial charge in [-0.2, -0.15) is 0 Å². The number of aryl methyl sites for hydroxylation is 1. The second-order valence-electron chi connectivity index (χ2n) is 7.39. The highest BCUT2D eigenvalue weighted by molar-refractivity contribution is 6.51. The first-order chi connectivity index (χ1) is 16.1. The molecule has 2 aromatic carbocycles. The van der Waals surface area contributed by atoms with E-state index >= 15 is 0 Å². The number of methoxy groups -OCH3 is 1. The summed E-state index contributed by atoms with van der Waals surface area (Å²) in [5, 5.41) is 11.0. The fourth-order valence-electron chi connectivity index (χ4n) is 3.68. The van der Waals surface area contributed by atoms with Crippen LogP contribution in [0.4, 0.5) is 18.9 Å². The standard InChI is InChI=1S/C24H18F3NO6/c1-13-3-12-18(33-13)20-19(21(29)14-4-8-16(32-2)9-5-14)22(30)23(31)28(20)15-6-10-17(11-7-15)34-24(25,26)27/h3-12,20,29H,1-2H3/b21-19-. The van der Waals surface area contributed by atoms with Gasteiger partial charge in [0, 0.05) is 11.3 Å². The van der Waals surface area contributed by atoms with Crippen LogP contribution < -0.4 is 14.4 Å². The van der Waals surface area contributed by atoms with Crippen molar-refractivity contribution < 1.29 is 41.8 Å². The minimum Gasteiger partial charge on any atom is -0.507 e. The summed E-state index contributed by atoms with van der Waals surface area (Å²) < 4.78 is 52.2. The number of halogens is 3. The summed E-state index contributed by atoms with van der Waals surface area (Å²) in [5.41, 5.74) is 0.158. The van der Waals surface area contributed by atoms with Crippen molar-refractivity contribution >= 4 is 23.1 Å². The van der Waals surface area contributed by atoms with Crippen LogP contribution in [-0.4, -0.2) is 30.3 Å². The first-order valence-electron chi connectivity index (χ1n) is 9.96. The number of anilines is 1. The number of alkyl halides is 3. The number of ketones is 1. The van der Waals surface area contributed by atoms with Crippen molar-refractivity contribution in [2.45, 2.75) is 19.3 Å². The number of rotatable bonds is 5. The highest BCUT2D eigenvalue weighted by Crippen LogP contribution is 2.43. The van der Waals surface area contributed by atoms with Crippen molar-refractivity contribution in [3.05, 3.63) is 83.3 Å². The van der Waals surface area contributed by atoms with Crippen molar-refractivity contribution in [1.82, 2.24) is 0 Å². The Bertz CT molecular complexity index is 1260. The van der Waals surface area contributed by atoms with Gasteiger partial charge in [0.2, 0.25) is 0 Å². The van der Waals surface area contributed by atoms with Gasteiger partial charge in [0.25, 0.3) is 11.7 Å². The number of carbonyl (C=O) groups is 2. The largest absolute Gasteiger partial charge is 0.573 e. The van der Waals surface area contributed by atoms with Crippen LogP contribution in [0, 0.1) is 6.92 Å². The molecule has 0 saturated carbocycles. The number of nitrogens with zero attached hydrogens (tertiary/aromatic N) is 1. The van der Waals surface area contributed by atoms with Gasteiger partial charge < -0.3 is 19.0 Å². The number of ether oxygens (including phenoxy) is 2. The van der Waals surface area contributed by atoms with Crippen LogP contribution in [0.3, 0.4) is 0 Å². The number of amides is 1. The summed E-state index contributed by atoms with van der Waals surface area (Å²) in [6.07, 6.45) is -4.88. The highest BCUT2D eigenvalue weighted by Gasteiger charge is 2.48. The van der Waals surface area contributed by atoms with Crippen LogP contribution in [0.1, 0.15) is 23.1 Å². The Morgan fingerprint density at radius 2 is 1.59 bits per heavy atom. The van der Waals surface area contributed by atoms with E-state index in [9.17, 15) is 27.9 Å². The number of hydrogen-bond donors (Lipinski definition) is 1. The molecule has 1 aliphatic rings. The van der Waals surface area contributed by atoms with Crippen molar-refractivity contribution in [2.24, 2.45) is 0 Å². The third kappa shape index (κ3) is 4.34. The van der Waals surface area contributed by atoms with Crippen LogP contribution >= 0.6 is 0 Å². The smallest absolute Gasteiger partial charge is 0.507 e. The molecule has 1 aliphatic heterocycles. The van der Waals surface area contributed by atoms with E-state index in [0.717, 1.165) is 17.0 Å². The van der Waals surface area contributed by atoms with Gasteiger partial charge in [-0.1, -0.05) is 0 Å². The predicted octanol–water partition coefficient (Wildman–Crippen LogP) is 5.12. The van der Waals surface area contributed by atoms with Gasteiger partial charge in [-0.15, -0.1) is 13.2 Å². The van der Waals surface area contributed by atoms with E-state index in [1.807, 2.05) is 0 Å². The molecule has 1 amide bonds. The molecule has 4 rings (SSSR count). The van der Waals surface area contributed by atoms with E-state index in [2.05, 4.69) is 4.74 Å². The summed E-state index contributed by atoms with van der Waals surface area (Å²) in [6.45, 7) is 1.67. The molecule has 1 fully saturated rings. The van der Waals surface area contributed by atoms with E-state index in [1.165, 1.54) is 31.4 Å². The molecular formula is C24H18F3NO6. The third-order valence-electron chi connectivity index (χ3n) is 5.19.